The van der Waals surface area contributed by atoms with E-state index in [0.29, 0.717) is 0 Å². The van der Waals surface area contributed by atoms with Crippen molar-refractivity contribution in [1.29, 1.82) is 0 Å². The molecule has 1 heterocycles. The summed E-state index contributed by atoms with van der Waals surface area (Å²) in [5.41, 5.74) is 9.95. The van der Waals surface area contributed by atoms with Crippen molar-refractivity contribution < 1.29 is 4.42 Å². The van der Waals surface area contributed by atoms with Gasteiger partial charge in [-0.05, 0) is 24.5 Å². The summed E-state index contributed by atoms with van der Waals surface area (Å²) in [6, 6.07) is 18.6. The van der Waals surface area contributed by atoms with E-state index in [1.54, 1.807) is 0 Å². The average molecular weight is 293 g/mol. The standard InChI is InChI=1S/C20H23NO/c1-2-3-12-19-20(16-11-7-8-13-18(16)22-19)17(21)14-15-9-5-4-6-10-15/h4-11,13,17H,2-3,12,14,21H2,1H3. The van der Waals surface area contributed by atoms with Gasteiger partial charge in [0.1, 0.15) is 11.3 Å². The molecule has 1 unspecified atom stereocenters. The van der Waals surface area contributed by atoms with Crippen molar-refractivity contribution in [3.63, 3.8) is 0 Å². The van der Waals surface area contributed by atoms with Crippen molar-refractivity contribution >= 4 is 11.0 Å². The highest BCUT2D eigenvalue weighted by molar-refractivity contribution is 5.82. The molecule has 0 aliphatic rings. The zero-order valence-electron chi connectivity index (χ0n) is 13.1. The molecule has 0 aliphatic heterocycles. The van der Waals surface area contributed by atoms with Crippen LogP contribution in [0.15, 0.2) is 59.0 Å². The largest absolute Gasteiger partial charge is 0.461 e. The van der Waals surface area contributed by atoms with E-state index in [1.807, 2.05) is 18.2 Å². The number of fused-ring (bicyclic) bond motifs is 1. The van der Waals surface area contributed by atoms with Gasteiger partial charge in [0.2, 0.25) is 0 Å². The summed E-state index contributed by atoms with van der Waals surface area (Å²) in [5, 5.41) is 1.16. The fourth-order valence-electron chi connectivity index (χ4n) is 3.02. The normalized spacial score (nSPS) is 12.6. The molecule has 1 aromatic heterocycles. The molecule has 0 amide bonds. The Labute approximate surface area is 131 Å². The quantitative estimate of drug-likeness (QED) is 0.693. The van der Waals surface area contributed by atoms with Crippen LogP contribution >= 0.6 is 0 Å². The van der Waals surface area contributed by atoms with Gasteiger partial charge in [-0.3, -0.25) is 0 Å². The number of aryl methyl sites for hydroxylation is 1. The minimum absolute atomic E-state index is 0.0297. The van der Waals surface area contributed by atoms with E-state index in [0.717, 1.165) is 42.4 Å². The molecule has 2 N–H and O–H groups in total. The Hall–Kier alpha value is -2.06. The molecule has 2 nitrogen and oxygen atoms in total. The van der Waals surface area contributed by atoms with Crippen molar-refractivity contribution in [2.24, 2.45) is 5.73 Å². The molecule has 3 aromatic rings. The summed E-state index contributed by atoms with van der Waals surface area (Å²) in [6.07, 6.45) is 4.09. The van der Waals surface area contributed by atoms with Crippen LogP contribution in [0.1, 0.15) is 42.7 Å². The van der Waals surface area contributed by atoms with E-state index in [1.165, 1.54) is 11.1 Å². The van der Waals surface area contributed by atoms with Crippen molar-refractivity contribution in [3.05, 3.63) is 71.5 Å². The Morgan fingerprint density at radius 1 is 1.00 bits per heavy atom. The van der Waals surface area contributed by atoms with Crippen LogP contribution < -0.4 is 5.73 Å². The molecule has 2 aromatic carbocycles. The first-order valence-electron chi connectivity index (χ1n) is 8.09. The van der Waals surface area contributed by atoms with Crippen LogP contribution in [0.5, 0.6) is 0 Å². The lowest BCUT2D eigenvalue weighted by Crippen LogP contribution is -2.14. The maximum atomic E-state index is 6.55. The minimum atomic E-state index is -0.0297. The molecule has 0 bridgehead atoms. The van der Waals surface area contributed by atoms with Gasteiger partial charge in [0.25, 0.3) is 0 Å². The molecule has 0 radical (unpaired) electrons. The van der Waals surface area contributed by atoms with Gasteiger partial charge in [-0.2, -0.15) is 0 Å². The second-order valence-electron chi connectivity index (χ2n) is 5.83. The molecule has 0 spiro atoms. The number of benzene rings is 2. The van der Waals surface area contributed by atoms with Crippen LogP contribution in [-0.4, -0.2) is 0 Å². The van der Waals surface area contributed by atoms with Crippen molar-refractivity contribution in [2.45, 2.75) is 38.6 Å². The van der Waals surface area contributed by atoms with Crippen LogP contribution in [-0.2, 0) is 12.8 Å². The molecule has 3 rings (SSSR count). The highest BCUT2D eigenvalue weighted by atomic mass is 16.3. The van der Waals surface area contributed by atoms with Crippen LogP contribution in [0.4, 0.5) is 0 Å². The monoisotopic (exact) mass is 293 g/mol. The van der Waals surface area contributed by atoms with E-state index < -0.39 is 0 Å². The fraction of sp³-hybridized carbons (Fsp3) is 0.300. The summed E-state index contributed by atoms with van der Waals surface area (Å²) >= 11 is 0. The Balaban J connectivity index is 1.96. The maximum absolute atomic E-state index is 6.55. The first kappa shape index (κ1) is 14.9. The van der Waals surface area contributed by atoms with Gasteiger partial charge in [0, 0.05) is 23.4 Å². The Kier molecular flexibility index (Phi) is 4.59. The van der Waals surface area contributed by atoms with Gasteiger partial charge in [-0.1, -0.05) is 61.9 Å². The number of hydrogen-bond donors (Lipinski definition) is 1. The van der Waals surface area contributed by atoms with Gasteiger partial charge in [-0.15, -0.1) is 0 Å². The van der Waals surface area contributed by atoms with Crippen molar-refractivity contribution in [2.75, 3.05) is 0 Å². The van der Waals surface area contributed by atoms with E-state index in [2.05, 4.69) is 43.3 Å². The van der Waals surface area contributed by atoms with Crippen molar-refractivity contribution in [3.8, 4) is 0 Å². The molecule has 114 valence electrons. The zero-order chi connectivity index (χ0) is 15.4. The smallest absolute Gasteiger partial charge is 0.134 e. The number of hydrogen-bond acceptors (Lipinski definition) is 2. The molecular formula is C20H23NO. The first-order chi connectivity index (χ1) is 10.8. The van der Waals surface area contributed by atoms with E-state index in [-0.39, 0.29) is 6.04 Å². The molecule has 2 heteroatoms. The number of para-hydroxylation sites is 1. The summed E-state index contributed by atoms with van der Waals surface area (Å²) in [5.74, 6) is 1.06. The Bertz CT molecular complexity index is 730. The van der Waals surface area contributed by atoms with Gasteiger partial charge in [0.05, 0.1) is 0 Å². The van der Waals surface area contributed by atoms with Gasteiger partial charge >= 0.3 is 0 Å². The maximum Gasteiger partial charge on any atom is 0.134 e. The molecule has 0 saturated carbocycles. The number of unbranched alkanes of at least 4 members (excludes halogenated alkanes) is 1. The molecule has 0 fully saturated rings. The predicted molar refractivity (Wildman–Crippen MR) is 91.9 cm³/mol. The number of nitrogens with two attached hydrogens (primary N) is 1. The van der Waals surface area contributed by atoms with Gasteiger partial charge in [0.15, 0.2) is 0 Å². The lowest BCUT2D eigenvalue weighted by molar-refractivity contribution is 0.521. The SMILES string of the molecule is CCCCc1oc2ccccc2c1C(N)Cc1ccccc1. The molecule has 0 saturated heterocycles. The van der Waals surface area contributed by atoms with Crippen LogP contribution in [0, 0.1) is 0 Å². The van der Waals surface area contributed by atoms with Gasteiger partial charge in [-0.25, -0.2) is 0 Å². The molecule has 1 atom stereocenters. The third kappa shape index (κ3) is 3.07. The lowest BCUT2D eigenvalue weighted by Gasteiger charge is -2.13. The van der Waals surface area contributed by atoms with Crippen LogP contribution in [0.3, 0.4) is 0 Å². The van der Waals surface area contributed by atoms with Crippen molar-refractivity contribution in [1.82, 2.24) is 0 Å². The second kappa shape index (κ2) is 6.80. The number of furan rings is 1. The number of rotatable bonds is 6. The van der Waals surface area contributed by atoms with E-state index in [4.69, 9.17) is 10.2 Å². The summed E-state index contributed by atoms with van der Waals surface area (Å²) in [7, 11) is 0. The van der Waals surface area contributed by atoms with Crippen LogP contribution in [0.25, 0.3) is 11.0 Å². The summed E-state index contributed by atoms with van der Waals surface area (Å²) in [6.45, 7) is 2.20. The first-order valence-corrected chi connectivity index (χ1v) is 8.09. The summed E-state index contributed by atoms with van der Waals surface area (Å²) < 4.78 is 6.08. The van der Waals surface area contributed by atoms with Crippen LogP contribution in [0.2, 0.25) is 0 Å². The van der Waals surface area contributed by atoms with Gasteiger partial charge < -0.3 is 10.2 Å². The highest BCUT2D eigenvalue weighted by Gasteiger charge is 2.19. The second-order valence-corrected chi connectivity index (χ2v) is 5.83. The summed E-state index contributed by atoms with van der Waals surface area (Å²) in [4.78, 5) is 0. The lowest BCUT2D eigenvalue weighted by atomic mass is 9.95. The minimum Gasteiger partial charge on any atom is -0.461 e. The van der Waals surface area contributed by atoms with E-state index >= 15 is 0 Å². The highest BCUT2D eigenvalue weighted by Crippen LogP contribution is 2.32. The zero-order valence-corrected chi connectivity index (χ0v) is 13.1. The third-order valence-corrected chi connectivity index (χ3v) is 4.14. The fourth-order valence-corrected chi connectivity index (χ4v) is 3.02. The molecular weight excluding hydrogens is 270 g/mol. The van der Waals surface area contributed by atoms with E-state index in [9.17, 15) is 0 Å². The predicted octanol–water partition coefficient (Wildman–Crippen LogP) is 5.02. The third-order valence-electron chi connectivity index (χ3n) is 4.14. The topological polar surface area (TPSA) is 39.2 Å². The Morgan fingerprint density at radius 2 is 1.73 bits per heavy atom. The Morgan fingerprint density at radius 3 is 2.50 bits per heavy atom. The molecule has 22 heavy (non-hydrogen) atoms. The molecule has 0 aliphatic carbocycles. The average Bonchev–Trinajstić information content (AvgIpc) is 2.92.